The monoisotopic (exact) mass is 489 g/mol. The van der Waals surface area contributed by atoms with E-state index in [9.17, 15) is 9.90 Å². The number of aliphatic hydroxyl groups excluding tert-OH is 1. The van der Waals surface area contributed by atoms with Crippen molar-refractivity contribution in [2.75, 3.05) is 13.2 Å². The molecule has 1 amide bonds. The Morgan fingerprint density at radius 1 is 0.914 bits per heavy atom. The van der Waals surface area contributed by atoms with Gasteiger partial charge in [0.25, 0.3) is 8.32 Å². The van der Waals surface area contributed by atoms with Crippen LogP contribution in [0.15, 0.2) is 91.0 Å². The highest BCUT2D eigenvalue weighted by Crippen LogP contribution is 2.39. The maximum Gasteiger partial charge on any atom is 0.410 e. The molecule has 1 aliphatic heterocycles. The highest BCUT2D eigenvalue weighted by atomic mass is 28.4. The first kappa shape index (κ1) is 25.2. The van der Waals surface area contributed by atoms with Crippen molar-refractivity contribution in [1.82, 2.24) is 4.90 Å². The number of hydrogen-bond acceptors (Lipinski definition) is 4. The van der Waals surface area contributed by atoms with Crippen LogP contribution in [0.5, 0.6) is 0 Å². The average Bonchev–Trinajstić information content (AvgIpc) is 3.30. The van der Waals surface area contributed by atoms with E-state index in [1.165, 1.54) is 10.4 Å². The zero-order valence-corrected chi connectivity index (χ0v) is 21.8. The van der Waals surface area contributed by atoms with Crippen molar-refractivity contribution in [1.29, 1.82) is 0 Å². The molecule has 0 aliphatic carbocycles. The zero-order valence-electron chi connectivity index (χ0n) is 20.8. The van der Waals surface area contributed by atoms with Crippen LogP contribution in [0, 0.1) is 0 Å². The van der Waals surface area contributed by atoms with E-state index in [-0.39, 0.29) is 30.4 Å². The first-order valence-electron chi connectivity index (χ1n) is 12.2. The SMILES string of the molecule is CC(C)(C)[Si](O[C@@H]1C[C@@H](CO)N(C(=O)OCc2ccccc2)C1)(c1ccccc1)c1ccccc1. The molecule has 0 saturated carbocycles. The highest BCUT2D eigenvalue weighted by Gasteiger charge is 2.53. The summed E-state index contributed by atoms with van der Waals surface area (Å²) < 4.78 is 12.8. The van der Waals surface area contributed by atoms with Crippen LogP contribution in [0.3, 0.4) is 0 Å². The molecule has 0 unspecified atom stereocenters. The van der Waals surface area contributed by atoms with Crippen LogP contribution in [0.25, 0.3) is 0 Å². The first-order valence-corrected chi connectivity index (χ1v) is 14.1. The molecule has 0 spiro atoms. The molecule has 1 aliphatic rings. The van der Waals surface area contributed by atoms with Gasteiger partial charge in [0, 0.05) is 6.54 Å². The van der Waals surface area contributed by atoms with Gasteiger partial charge < -0.3 is 19.2 Å². The Kier molecular flexibility index (Phi) is 7.74. The van der Waals surface area contributed by atoms with Crippen LogP contribution in [0.1, 0.15) is 32.8 Å². The third-order valence-corrected chi connectivity index (χ3v) is 11.9. The van der Waals surface area contributed by atoms with Crippen LogP contribution in [0.4, 0.5) is 4.79 Å². The van der Waals surface area contributed by atoms with E-state index >= 15 is 0 Å². The fraction of sp³-hybridized carbons (Fsp3) is 0.345. The summed E-state index contributed by atoms with van der Waals surface area (Å²) in [4.78, 5) is 14.6. The lowest BCUT2D eigenvalue weighted by Crippen LogP contribution is -2.67. The van der Waals surface area contributed by atoms with Gasteiger partial charge in [0.05, 0.1) is 18.8 Å². The Morgan fingerprint density at radius 3 is 1.91 bits per heavy atom. The van der Waals surface area contributed by atoms with E-state index in [0.717, 1.165) is 5.56 Å². The molecular weight excluding hydrogens is 454 g/mol. The molecule has 2 atom stereocenters. The zero-order chi connectivity index (χ0) is 24.9. The van der Waals surface area contributed by atoms with Crippen molar-refractivity contribution in [3.8, 4) is 0 Å². The first-order chi connectivity index (χ1) is 16.8. The van der Waals surface area contributed by atoms with Gasteiger partial charge in [-0.25, -0.2) is 4.79 Å². The third kappa shape index (κ3) is 5.35. The van der Waals surface area contributed by atoms with E-state index in [0.29, 0.717) is 13.0 Å². The van der Waals surface area contributed by atoms with Gasteiger partial charge in [0.2, 0.25) is 0 Å². The maximum atomic E-state index is 13.0. The Labute approximate surface area is 209 Å². The molecule has 4 rings (SSSR count). The van der Waals surface area contributed by atoms with Gasteiger partial charge in [0.1, 0.15) is 6.61 Å². The summed E-state index contributed by atoms with van der Waals surface area (Å²) in [5, 5.41) is 12.3. The molecule has 3 aromatic carbocycles. The lowest BCUT2D eigenvalue weighted by Gasteiger charge is -2.44. The van der Waals surface area contributed by atoms with E-state index < -0.39 is 14.4 Å². The molecule has 1 fully saturated rings. The Balaban J connectivity index is 1.61. The number of aliphatic hydroxyl groups is 1. The van der Waals surface area contributed by atoms with E-state index in [4.69, 9.17) is 9.16 Å². The number of rotatable bonds is 7. The molecule has 3 aromatic rings. The van der Waals surface area contributed by atoms with Crippen molar-refractivity contribution in [2.24, 2.45) is 0 Å². The summed E-state index contributed by atoms with van der Waals surface area (Å²) in [5.41, 5.74) is 0.931. The number of ether oxygens (including phenoxy) is 1. The van der Waals surface area contributed by atoms with Gasteiger partial charge in [-0.3, -0.25) is 0 Å². The summed E-state index contributed by atoms with van der Waals surface area (Å²) in [6.07, 6.45) is -0.0503. The summed E-state index contributed by atoms with van der Waals surface area (Å²) in [6, 6.07) is 30.2. The second-order valence-corrected chi connectivity index (χ2v) is 14.4. The number of benzene rings is 3. The standard InChI is InChI=1S/C29H35NO4Si/c1-29(2,3)35(26-15-9-5-10-16-26,27-17-11-6-12-18-27)34-25-19-24(21-31)30(20-25)28(32)33-22-23-13-7-4-8-14-23/h4-18,24-25,31H,19-22H2,1-3H3/t24-,25+/m0/s1. The van der Waals surface area contributed by atoms with Crippen molar-refractivity contribution >= 4 is 24.8 Å². The predicted molar refractivity (Wildman–Crippen MR) is 141 cm³/mol. The van der Waals surface area contributed by atoms with Crippen LogP contribution < -0.4 is 10.4 Å². The molecule has 0 bridgehead atoms. The van der Waals surface area contributed by atoms with Gasteiger partial charge >= 0.3 is 6.09 Å². The van der Waals surface area contributed by atoms with Crippen LogP contribution >= 0.6 is 0 Å². The van der Waals surface area contributed by atoms with Crippen LogP contribution in [-0.4, -0.2) is 49.7 Å². The molecule has 0 radical (unpaired) electrons. The van der Waals surface area contributed by atoms with E-state index in [1.54, 1.807) is 4.90 Å². The quantitative estimate of drug-likeness (QED) is 0.502. The minimum Gasteiger partial charge on any atom is -0.445 e. The molecule has 1 heterocycles. The van der Waals surface area contributed by atoms with Gasteiger partial charge in [0.15, 0.2) is 0 Å². The van der Waals surface area contributed by atoms with Crippen molar-refractivity contribution in [2.45, 2.75) is 51.0 Å². The predicted octanol–water partition coefficient (Wildman–Crippen LogP) is 4.34. The summed E-state index contributed by atoms with van der Waals surface area (Å²) in [6.45, 7) is 7.19. The molecule has 6 heteroatoms. The van der Waals surface area contributed by atoms with Crippen LogP contribution in [0.2, 0.25) is 5.04 Å². The minimum absolute atomic E-state index is 0.124. The Hall–Kier alpha value is -2.93. The number of nitrogens with zero attached hydrogens (tertiary/aromatic N) is 1. The molecule has 1 N–H and O–H groups in total. The van der Waals surface area contributed by atoms with Crippen molar-refractivity contribution in [3.05, 3.63) is 96.6 Å². The second-order valence-electron chi connectivity index (χ2n) is 10.2. The normalized spacial score (nSPS) is 18.5. The summed E-state index contributed by atoms with van der Waals surface area (Å²) >= 11 is 0. The van der Waals surface area contributed by atoms with Crippen molar-refractivity contribution < 1.29 is 19.1 Å². The Bertz CT molecular complexity index is 1050. The summed E-state index contributed by atoms with van der Waals surface area (Å²) in [7, 11) is -2.75. The molecule has 35 heavy (non-hydrogen) atoms. The lowest BCUT2D eigenvalue weighted by molar-refractivity contribution is 0.0776. The number of amides is 1. The molecular formula is C29H35NO4Si. The number of carbonyl (C=O) groups is 1. The van der Waals surface area contributed by atoms with E-state index in [2.05, 4.69) is 69.3 Å². The maximum absolute atomic E-state index is 13.0. The number of carbonyl (C=O) groups excluding carboxylic acids is 1. The van der Waals surface area contributed by atoms with Gasteiger partial charge in [-0.05, 0) is 27.4 Å². The fourth-order valence-electron chi connectivity index (χ4n) is 5.10. The number of likely N-dealkylation sites (tertiary alicyclic amines) is 1. The Morgan fingerprint density at radius 2 is 1.43 bits per heavy atom. The summed E-state index contributed by atoms with van der Waals surface area (Å²) in [5.74, 6) is 0. The van der Waals surface area contributed by atoms with Gasteiger partial charge in [-0.15, -0.1) is 0 Å². The highest BCUT2D eigenvalue weighted by molar-refractivity contribution is 6.99. The molecule has 184 valence electrons. The second kappa shape index (κ2) is 10.8. The van der Waals surface area contributed by atoms with Gasteiger partial charge in [-0.2, -0.15) is 0 Å². The fourth-order valence-corrected chi connectivity index (χ4v) is 9.78. The van der Waals surface area contributed by atoms with Crippen LogP contribution in [-0.2, 0) is 15.8 Å². The minimum atomic E-state index is -2.75. The molecule has 1 saturated heterocycles. The third-order valence-electron chi connectivity index (χ3n) is 6.79. The van der Waals surface area contributed by atoms with Crippen molar-refractivity contribution in [3.63, 3.8) is 0 Å². The lowest BCUT2D eigenvalue weighted by atomic mass is 10.2. The van der Waals surface area contributed by atoms with Gasteiger partial charge in [-0.1, -0.05) is 112 Å². The molecule has 5 nitrogen and oxygen atoms in total. The largest absolute Gasteiger partial charge is 0.445 e. The smallest absolute Gasteiger partial charge is 0.410 e. The average molecular weight is 490 g/mol. The topological polar surface area (TPSA) is 59.0 Å². The molecule has 0 aromatic heterocycles. The van der Waals surface area contributed by atoms with E-state index in [1.807, 2.05) is 42.5 Å². The number of hydrogen-bond donors (Lipinski definition) is 1.